The second-order valence-electron chi connectivity index (χ2n) is 6.83. The Bertz CT molecular complexity index is 1430. The number of hydrogen-bond donors (Lipinski definition) is 1. The third kappa shape index (κ3) is 4.67. The molecule has 0 bridgehead atoms. The van der Waals surface area contributed by atoms with E-state index in [1.807, 2.05) is 31.2 Å². The van der Waals surface area contributed by atoms with E-state index >= 15 is 0 Å². The zero-order valence-corrected chi connectivity index (χ0v) is 19.2. The van der Waals surface area contributed by atoms with Gasteiger partial charge >= 0.3 is 5.97 Å². The maximum atomic E-state index is 12.8. The summed E-state index contributed by atoms with van der Waals surface area (Å²) in [6.45, 7) is 1.87. The van der Waals surface area contributed by atoms with Crippen LogP contribution in [0, 0.1) is 6.92 Å². The Morgan fingerprint density at radius 3 is 2.47 bits per heavy atom. The lowest BCUT2D eigenvalue weighted by atomic mass is 10.2. The number of esters is 1. The predicted octanol–water partition coefficient (Wildman–Crippen LogP) is 5.39. The predicted molar refractivity (Wildman–Crippen MR) is 127 cm³/mol. The minimum absolute atomic E-state index is 0.0966. The Hall–Kier alpha value is -3.20. The third-order valence-electron chi connectivity index (χ3n) is 4.55. The highest BCUT2D eigenvalue weighted by Gasteiger charge is 2.20. The zero-order chi connectivity index (χ0) is 22.7. The first-order valence-corrected chi connectivity index (χ1v) is 12.1. The summed E-state index contributed by atoms with van der Waals surface area (Å²) in [6.07, 6.45) is 1.28. The number of halogens is 1. The minimum Gasteiger partial charge on any atom is -0.422 e. The second-order valence-corrected chi connectivity index (χ2v) is 9.93. The highest BCUT2D eigenvalue weighted by Crippen LogP contribution is 2.36. The average Bonchev–Trinajstić information content (AvgIpc) is 3.12. The molecule has 162 valence electrons. The summed E-state index contributed by atoms with van der Waals surface area (Å²) in [6, 6.07) is 20.5. The number of hydrazone groups is 1. The van der Waals surface area contributed by atoms with Gasteiger partial charge in [-0.3, -0.25) is 0 Å². The van der Waals surface area contributed by atoms with Crippen molar-refractivity contribution >= 4 is 55.2 Å². The smallest absolute Gasteiger partial charge is 0.355 e. The standard InChI is InChI=1S/C23H17ClN2O4S2/c1-15-10-12-17(13-11-15)32(28,29)26-25-14-16-6-2-4-8-19(16)30-23(27)22-21(24)18-7-3-5-9-20(18)31-22/h2-14,26H,1H3/b25-14+. The van der Waals surface area contributed by atoms with Crippen LogP contribution in [0.5, 0.6) is 5.75 Å². The third-order valence-corrected chi connectivity index (χ3v) is 7.44. The summed E-state index contributed by atoms with van der Waals surface area (Å²) in [5.74, 6) is -0.374. The molecule has 1 heterocycles. The number of carbonyl (C=O) groups is 1. The number of aryl methyl sites for hydroxylation is 1. The SMILES string of the molecule is Cc1ccc(S(=O)(=O)N/N=C/c2ccccc2OC(=O)c2sc3ccccc3c2Cl)cc1. The molecule has 0 fully saturated rings. The van der Waals surface area contributed by atoms with Crippen molar-refractivity contribution in [2.24, 2.45) is 5.10 Å². The van der Waals surface area contributed by atoms with Crippen molar-refractivity contribution in [1.29, 1.82) is 0 Å². The second kappa shape index (κ2) is 9.12. The Balaban J connectivity index is 1.53. The van der Waals surface area contributed by atoms with Gasteiger partial charge < -0.3 is 4.74 Å². The Labute approximate surface area is 194 Å². The van der Waals surface area contributed by atoms with Crippen LogP contribution in [0.2, 0.25) is 5.02 Å². The molecule has 0 radical (unpaired) electrons. The molecule has 3 aromatic carbocycles. The molecule has 0 amide bonds. The molecule has 0 aliphatic carbocycles. The molecule has 0 saturated carbocycles. The van der Waals surface area contributed by atoms with Crippen LogP contribution >= 0.6 is 22.9 Å². The van der Waals surface area contributed by atoms with E-state index in [0.717, 1.165) is 15.6 Å². The van der Waals surface area contributed by atoms with Crippen molar-refractivity contribution in [2.45, 2.75) is 11.8 Å². The first kappa shape index (κ1) is 22.0. The molecule has 4 aromatic rings. The lowest BCUT2D eigenvalue weighted by Gasteiger charge is -2.07. The van der Waals surface area contributed by atoms with E-state index in [0.29, 0.717) is 15.5 Å². The first-order valence-electron chi connectivity index (χ1n) is 9.45. The van der Waals surface area contributed by atoms with E-state index in [1.165, 1.54) is 29.7 Å². The van der Waals surface area contributed by atoms with E-state index in [9.17, 15) is 13.2 Å². The number of nitrogens with one attached hydrogen (secondary N) is 1. The lowest BCUT2D eigenvalue weighted by molar-refractivity contribution is 0.0740. The number of rotatable bonds is 6. The van der Waals surface area contributed by atoms with Gasteiger partial charge in [-0.1, -0.05) is 59.6 Å². The van der Waals surface area contributed by atoms with Gasteiger partial charge in [0.15, 0.2) is 0 Å². The lowest BCUT2D eigenvalue weighted by Crippen LogP contribution is -2.18. The first-order chi connectivity index (χ1) is 15.3. The van der Waals surface area contributed by atoms with Gasteiger partial charge in [0.1, 0.15) is 10.6 Å². The molecule has 0 spiro atoms. The van der Waals surface area contributed by atoms with E-state index in [1.54, 1.807) is 36.4 Å². The average molecular weight is 485 g/mol. The molecule has 9 heteroatoms. The summed E-state index contributed by atoms with van der Waals surface area (Å²) in [5.41, 5.74) is 1.37. The van der Waals surface area contributed by atoms with E-state index in [4.69, 9.17) is 16.3 Å². The summed E-state index contributed by atoms with van der Waals surface area (Å²) in [4.78, 5) is 15.3. The van der Waals surface area contributed by atoms with Gasteiger partial charge in [0.05, 0.1) is 16.1 Å². The molecule has 32 heavy (non-hydrogen) atoms. The van der Waals surface area contributed by atoms with Gasteiger partial charge in [0.2, 0.25) is 0 Å². The number of fused-ring (bicyclic) bond motifs is 1. The summed E-state index contributed by atoms with van der Waals surface area (Å²) < 4.78 is 31.2. The number of carbonyl (C=O) groups excluding carboxylic acids is 1. The van der Waals surface area contributed by atoms with Crippen LogP contribution in [0.3, 0.4) is 0 Å². The van der Waals surface area contributed by atoms with Crippen molar-refractivity contribution < 1.29 is 17.9 Å². The summed E-state index contributed by atoms with van der Waals surface area (Å²) in [5, 5.41) is 4.95. The van der Waals surface area contributed by atoms with Crippen LogP contribution in [0.4, 0.5) is 0 Å². The van der Waals surface area contributed by atoms with Crippen LogP contribution in [-0.2, 0) is 10.0 Å². The number of benzene rings is 3. The van der Waals surface area contributed by atoms with Gasteiger partial charge in [-0.2, -0.15) is 13.5 Å². The van der Waals surface area contributed by atoms with Crippen molar-refractivity contribution in [2.75, 3.05) is 0 Å². The Morgan fingerprint density at radius 1 is 1.03 bits per heavy atom. The molecule has 0 atom stereocenters. The number of hydrogen-bond acceptors (Lipinski definition) is 6. The van der Waals surface area contributed by atoms with E-state index < -0.39 is 16.0 Å². The topological polar surface area (TPSA) is 84.8 Å². The van der Waals surface area contributed by atoms with Crippen molar-refractivity contribution in [1.82, 2.24) is 4.83 Å². The van der Waals surface area contributed by atoms with Gasteiger partial charge in [-0.05, 0) is 37.3 Å². The van der Waals surface area contributed by atoms with Gasteiger partial charge in [0, 0.05) is 15.6 Å². The molecular weight excluding hydrogens is 468 g/mol. The monoisotopic (exact) mass is 484 g/mol. The molecular formula is C23H17ClN2O4S2. The summed E-state index contributed by atoms with van der Waals surface area (Å²) in [7, 11) is -3.82. The number of thiophene rings is 1. The van der Waals surface area contributed by atoms with Crippen LogP contribution in [0.25, 0.3) is 10.1 Å². The van der Waals surface area contributed by atoms with Crippen molar-refractivity contribution in [3.05, 3.63) is 93.8 Å². The molecule has 1 aromatic heterocycles. The van der Waals surface area contributed by atoms with Gasteiger partial charge in [-0.15, -0.1) is 11.3 Å². The van der Waals surface area contributed by atoms with Crippen LogP contribution in [0.1, 0.15) is 20.8 Å². The van der Waals surface area contributed by atoms with Crippen molar-refractivity contribution in [3.63, 3.8) is 0 Å². The zero-order valence-electron chi connectivity index (χ0n) is 16.8. The number of nitrogens with zero attached hydrogens (tertiary/aromatic N) is 1. The number of ether oxygens (including phenoxy) is 1. The van der Waals surface area contributed by atoms with Gasteiger partial charge in [0.25, 0.3) is 10.0 Å². The molecule has 4 rings (SSSR count). The molecule has 0 aliphatic heterocycles. The maximum Gasteiger partial charge on any atom is 0.355 e. The highest BCUT2D eigenvalue weighted by atomic mass is 35.5. The normalized spacial score (nSPS) is 11.7. The molecule has 1 N–H and O–H groups in total. The van der Waals surface area contributed by atoms with Crippen LogP contribution in [-0.4, -0.2) is 20.6 Å². The molecule has 0 unspecified atom stereocenters. The van der Waals surface area contributed by atoms with Crippen LogP contribution in [0.15, 0.2) is 82.8 Å². The molecule has 6 nitrogen and oxygen atoms in total. The minimum atomic E-state index is -3.82. The molecule has 0 aliphatic rings. The Morgan fingerprint density at radius 2 is 1.72 bits per heavy atom. The highest BCUT2D eigenvalue weighted by molar-refractivity contribution is 7.89. The Kier molecular flexibility index (Phi) is 6.27. The number of para-hydroxylation sites is 1. The molecule has 0 saturated heterocycles. The maximum absolute atomic E-state index is 12.8. The fourth-order valence-electron chi connectivity index (χ4n) is 2.91. The fourth-order valence-corrected chi connectivity index (χ4v) is 5.08. The van der Waals surface area contributed by atoms with E-state index in [-0.39, 0.29) is 10.6 Å². The van der Waals surface area contributed by atoms with Crippen LogP contribution < -0.4 is 9.57 Å². The van der Waals surface area contributed by atoms with E-state index in [2.05, 4.69) is 9.93 Å². The summed E-state index contributed by atoms with van der Waals surface area (Å²) >= 11 is 7.61. The fraction of sp³-hybridized carbons (Fsp3) is 0.0435. The van der Waals surface area contributed by atoms with Crippen molar-refractivity contribution in [3.8, 4) is 5.75 Å². The van der Waals surface area contributed by atoms with Gasteiger partial charge in [-0.25, -0.2) is 9.63 Å². The quantitative estimate of drug-likeness (QED) is 0.172. The largest absolute Gasteiger partial charge is 0.422 e. The number of sulfonamides is 1.